The molecule has 1 aromatic carbocycles. The van der Waals surface area contributed by atoms with Crippen molar-refractivity contribution in [2.24, 2.45) is 5.92 Å². The Morgan fingerprint density at radius 3 is 2.48 bits per heavy atom. The standard InChI is InChI=1S/C21H25N3O4.CH2O2/c25-19-12-15(21(27)23-13-16-6-4-5-11-22-16)9-10-18(19)24-20(26)14-28-17-7-2-1-3-8-17;2-1-3/h1-8,11,15,18-19,25H,9-10,12-14H2,(H,23,27)(H,24,26);1H,(H,2,3)/t15-,18-,19-;/m0./s1. The second-order valence-corrected chi connectivity index (χ2v) is 7.00. The predicted octanol–water partition coefficient (Wildman–Crippen LogP) is 1.12. The van der Waals surface area contributed by atoms with Crippen LogP contribution in [-0.2, 0) is 20.9 Å². The molecule has 0 saturated heterocycles. The molecule has 4 N–H and O–H groups in total. The molecule has 0 radical (unpaired) electrons. The zero-order valence-electron chi connectivity index (χ0n) is 17.0. The molecule has 0 spiro atoms. The fourth-order valence-electron chi connectivity index (χ4n) is 3.29. The molecule has 166 valence electrons. The van der Waals surface area contributed by atoms with E-state index >= 15 is 0 Å². The molecule has 0 aliphatic heterocycles. The third-order valence-electron chi connectivity index (χ3n) is 4.82. The molecule has 9 nitrogen and oxygen atoms in total. The first kappa shape index (κ1) is 23.8. The maximum Gasteiger partial charge on any atom is 0.290 e. The van der Waals surface area contributed by atoms with Gasteiger partial charge in [0.25, 0.3) is 12.4 Å². The van der Waals surface area contributed by atoms with E-state index in [1.54, 1.807) is 18.3 Å². The molecule has 3 atom stereocenters. The van der Waals surface area contributed by atoms with Gasteiger partial charge in [0.15, 0.2) is 6.61 Å². The molecule has 31 heavy (non-hydrogen) atoms. The van der Waals surface area contributed by atoms with Crippen LogP contribution in [0.3, 0.4) is 0 Å². The summed E-state index contributed by atoms with van der Waals surface area (Å²) in [5.74, 6) is -0.0354. The van der Waals surface area contributed by atoms with E-state index in [1.807, 2.05) is 36.4 Å². The Labute approximate surface area is 180 Å². The summed E-state index contributed by atoms with van der Waals surface area (Å²) in [6.45, 7) is 0.00445. The molecule has 2 amide bonds. The van der Waals surface area contributed by atoms with Crippen LogP contribution in [0.25, 0.3) is 0 Å². The minimum atomic E-state index is -0.764. The number of carbonyl (C=O) groups is 3. The highest BCUT2D eigenvalue weighted by atomic mass is 16.5. The summed E-state index contributed by atoms with van der Waals surface area (Å²) in [5, 5.41) is 22.9. The molecule has 1 saturated carbocycles. The molecular weight excluding hydrogens is 402 g/mol. The van der Waals surface area contributed by atoms with Crippen LogP contribution in [0, 0.1) is 5.92 Å². The Bertz CT molecular complexity index is 819. The van der Waals surface area contributed by atoms with Crippen molar-refractivity contribution in [3.63, 3.8) is 0 Å². The molecule has 1 heterocycles. The average Bonchev–Trinajstić information content (AvgIpc) is 2.79. The summed E-state index contributed by atoms with van der Waals surface area (Å²) in [7, 11) is 0. The number of benzene rings is 1. The van der Waals surface area contributed by atoms with E-state index < -0.39 is 6.10 Å². The van der Waals surface area contributed by atoms with Gasteiger partial charge in [0.05, 0.1) is 24.4 Å². The number of nitrogens with one attached hydrogen (secondary N) is 2. The van der Waals surface area contributed by atoms with Crippen molar-refractivity contribution in [2.75, 3.05) is 6.61 Å². The fourth-order valence-corrected chi connectivity index (χ4v) is 3.29. The van der Waals surface area contributed by atoms with Crippen LogP contribution in [0.4, 0.5) is 0 Å². The van der Waals surface area contributed by atoms with Gasteiger partial charge in [-0.15, -0.1) is 0 Å². The number of amides is 2. The first-order valence-electron chi connectivity index (χ1n) is 9.94. The third kappa shape index (κ3) is 8.43. The lowest BCUT2D eigenvalue weighted by Gasteiger charge is -2.32. The second kappa shape index (κ2) is 13.0. The number of hydrogen-bond acceptors (Lipinski definition) is 6. The number of hydrogen-bond donors (Lipinski definition) is 4. The first-order valence-corrected chi connectivity index (χ1v) is 9.94. The topological polar surface area (TPSA) is 138 Å². The van der Waals surface area contributed by atoms with Crippen molar-refractivity contribution < 1.29 is 29.3 Å². The molecule has 0 bridgehead atoms. The maximum atomic E-state index is 12.3. The minimum absolute atomic E-state index is 0.0955. The van der Waals surface area contributed by atoms with E-state index in [9.17, 15) is 14.7 Å². The van der Waals surface area contributed by atoms with Gasteiger partial charge in [-0.2, -0.15) is 0 Å². The summed E-state index contributed by atoms with van der Waals surface area (Å²) < 4.78 is 5.41. The van der Waals surface area contributed by atoms with Crippen LogP contribution >= 0.6 is 0 Å². The number of ether oxygens (including phenoxy) is 1. The highest BCUT2D eigenvalue weighted by Crippen LogP contribution is 2.25. The van der Waals surface area contributed by atoms with Gasteiger partial charge in [0, 0.05) is 12.1 Å². The Morgan fingerprint density at radius 2 is 1.84 bits per heavy atom. The number of pyridine rings is 1. The first-order chi connectivity index (χ1) is 15.0. The predicted molar refractivity (Wildman–Crippen MR) is 112 cm³/mol. The van der Waals surface area contributed by atoms with Crippen LogP contribution in [0.1, 0.15) is 25.0 Å². The Kier molecular flexibility index (Phi) is 9.96. The Balaban J connectivity index is 0.00000107. The van der Waals surface area contributed by atoms with Gasteiger partial charge in [0.1, 0.15) is 5.75 Å². The van der Waals surface area contributed by atoms with E-state index in [1.165, 1.54) is 0 Å². The Morgan fingerprint density at radius 1 is 1.13 bits per heavy atom. The lowest BCUT2D eigenvalue weighted by atomic mass is 9.83. The zero-order chi connectivity index (χ0) is 22.5. The Hall–Kier alpha value is -3.46. The quantitative estimate of drug-likeness (QED) is 0.484. The number of para-hydroxylation sites is 1. The second-order valence-electron chi connectivity index (χ2n) is 7.00. The summed E-state index contributed by atoms with van der Waals surface area (Å²) >= 11 is 0. The highest BCUT2D eigenvalue weighted by molar-refractivity contribution is 5.79. The van der Waals surface area contributed by atoms with E-state index in [2.05, 4.69) is 15.6 Å². The highest BCUT2D eigenvalue weighted by Gasteiger charge is 2.33. The van der Waals surface area contributed by atoms with Crippen LogP contribution in [0.15, 0.2) is 54.7 Å². The molecule has 1 aromatic heterocycles. The number of carboxylic acid groups (broad SMARTS) is 1. The molecule has 1 aliphatic rings. The van der Waals surface area contributed by atoms with Crippen LogP contribution in [0.2, 0.25) is 0 Å². The van der Waals surface area contributed by atoms with E-state index in [0.29, 0.717) is 31.6 Å². The van der Waals surface area contributed by atoms with Crippen molar-refractivity contribution >= 4 is 18.3 Å². The number of aliphatic hydroxyl groups excluding tert-OH is 1. The molecule has 1 aliphatic carbocycles. The summed E-state index contributed by atoms with van der Waals surface area (Å²) in [4.78, 5) is 37.0. The van der Waals surface area contributed by atoms with Gasteiger partial charge in [-0.3, -0.25) is 19.4 Å². The van der Waals surface area contributed by atoms with Crippen molar-refractivity contribution in [3.05, 3.63) is 60.4 Å². The van der Waals surface area contributed by atoms with Gasteiger partial charge in [-0.1, -0.05) is 24.3 Å². The van der Waals surface area contributed by atoms with Crippen LogP contribution in [-0.4, -0.2) is 52.2 Å². The lowest BCUT2D eigenvalue weighted by Crippen LogP contribution is -2.50. The van der Waals surface area contributed by atoms with E-state index in [0.717, 1.165) is 5.69 Å². The number of carbonyl (C=O) groups excluding carboxylic acids is 2. The smallest absolute Gasteiger partial charge is 0.290 e. The molecule has 0 unspecified atom stereocenters. The van der Waals surface area contributed by atoms with Crippen LogP contribution < -0.4 is 15.4 Å². The molecule has 3 rings (SSSR count). The fraction of sp³-hybridized carbons (Fsp3) is 0.364. The third-order valence-corrected chi connectivity index (χ3v) is 4.82. The van der Waals surface area contributed by atoms with Crippen molar-refractivity contribution in [1.29, 1.82) is 0 Å². The normalized spacial score (nSPS) is 19.8. The van der Waals surface area contributed by atoms with Crippen molar-refractivity contribution in [2.45, 2.75) is 38.0 Å². The van der Waals surface area contributed by atoms with Gasteiger partial charge in [-0.05, 0) is 43.5 Å². The molecule has 9 heteroatoms. The molecule has 2 aromatic rings. The molecule has 1 fully saturated rings. The van der Waals surface area contributed by atoms with Crippen molar-refractivity contribution in [3.8, 4) is 5.75 Å². The summed E-state index contributed by atoms with van der Waals surface area (Å²) in [6.07, 6.45) is 2.38. The van der Waals surface area contributed by atoms with Gasteiger partial charge in [-0.25, -0.2) is 0 Å². The minimum Gasteiger partial charge on any atom is -0.484 e. The van der Waals surface area contributed by atoms with E-state index in [4.69, 9.17) is 14.6 Å². The number of nitrogens with zero attached hydrogens (tertiary/aromatic N) is 1. The maximum absolute atomic E-state index is 12.3. The lowest BCUT2D eigenvalue weighted by molar-refractivity contribution is -0.129. The van der Waals surface area contributed by atoms with Crippen LogP contribution in [0.5, 0.6) is 5.75 Å². The SMILES string of the molecule is O=C(COc1ccccc1)N[C@H]1CC[C@H](C(=O)NCc2ccccn2)C[C@@H]1O.O=CO. The van der Waals surface area contributed by atoms with Gasteiger partial charge in [0.2, 0.25) is 5.91 Å². The van der Waals surface area contributed by atoms with Gasteiger partial charge < -0.3 is 25.6 Å². The summed E-state index contributed by atoms with van der Waals surface area (Å²) in [5.41, 5.74) is 0.788. The van der Waals surface area contributed by atoms with Crippen molar-refractivity contribution in [1.82, 2.24) is 15.6 Å². The zero-order valence-corrected chi connectivity index (χ0v) is 17.0. The van der Waals surface area contributed by atoms with Gasteiger partial charge >= 0.3 is 0 Å². The monoisotopic (exact) mass is 429 g/mol. The average molecular weight is 429 g/mol. The summed E-state index contributed by atoms with van der Waals surface area (Å²) in [6, 6.07) is 14.2. The largest absolute Gasteiger partial charge is 0.484 e. The number of aromatic nitrogens is 1. The number of rotatable bonds is 7. The number of aliphatic hydroxyl groups is 1. The molecular formula is C22H27N3O6. The van der Waals surface area contributed by atoms with E-state index in [-0.39, 0.29) is 36.9 Å².